The molecule has 4 heteroatoms. The molecule has 1 amide bonds. The van der Waals surface area contributed by atoms with Gasteiger partial charge in [-0.3, -0.25) is 0 Å². The zero-order chi connectivity index (χ0) is 10.3. The molecule has 0 bridgehead atoms. The monoisotopic (exact) mass is 189 g/mol. The Kier molecular flexibility index (Phi) is 5.46. The van der Waals surface area contributed by atoms with Crippen LogP contribution in [0.2, 0.25) is 0 Å². The summed E-state index contributed by atoms with van der Waals surface area (Å²) >= 11 is 0. The van der Waals surface area contributed by atoms with Crippen molar-refractivity contribution in [2.24, 2.45) is 5.41 Å². The van der Waals surface area contributed by atoms with Crippen LogP contribution in [0.1, 0.15) is 26.7 Å². The smallest absolute Gasteiger partial charge is 0.406 e. The molecule has 0 fully saturated rings. The summed E-state index contributed by atoms with van der Waals surface area (Å²) in [7, 11) is 1.33. The molecule has 13 heavy (non-hydrogen) atoms. The Morgan fingerprint density at radius 2 is 2.00 bits per heavy atom. The maximum absolute atomic E-state index is 10.8. The van der Waals surface area contributed by atoms with Crippen LogP contribution in [0.15, 0.2) is 0 Å². The van der Waals surface area contributed by atoms with Crippen LogP contribution < -0.4 is 5.32 Å². The van der Waals surface area contributed by atoms with E-state index in [2.05, 4.69) is 10.1 Å². The Bertz CT molecular complexity index is 147. The molecule has 0 rings (SSSR count). The van der Waals surface area contributed by atoms with Gasteiger partial charge in [0.05, 0.1) is 13.7 Å². The van der Waals surface area contributed by atoms with Crippen molar-refractivity contribution in [1.29, 1.82) is 0 Å². The van der Waals surface area contributed by atoms with Crippen LogP contribution in [0, 0.1) is 5.41 Å². The fourth-order valence-corrected chi connectivity index (χ4v) is 1.11. The number of aliphatic hydroxyl groups is 1. The summed E-state index contributed by atoms with van der Waals surface area (Å²) in [4.78, 5) is 10.8. The van der Waals surface area contributed by atoms with Crippen LogP contribution in [-0.2, 0) is 4.74 Å². The van der Waals surface area contributed by atoms with Crippen LogP contribution in [-0.4, -0.2) is 31.5 Å². The Labute approximate surface area is 79.3 Å². The molecule has 0 aliphatic heterocycles. The lowest BCUT2D eigenvalue weighted by Gasteiger charge is -2.29. The topological polar surface area (TPSA) is 58.6 Å². The number of methoxy groups -OCH3 is 1. The molecule has 0 aromatic carbocycles. The highest BCUT2D eigenvalue weighted by atomic mass is 16.5. The fraction of sp³-hybridized carbons (Fsp3) is 0.889. The van der Waals surface area contributed by atoms with Crippen LogP contribution in [0.25, 0.3) is 0 Å². The van der Waals surface area contributed by atoms with E-state index in [1.807, 2.05) is 13.8 Å². The third-order valence-corrected chi connectivity index (χ3v) is 2.63. The van der Waals surface area contributed by atoms with Gasteiger partial charge in [0, 0.05) is 12.0 Å². The van der Waals surface area contributed by atoms with Crippen LogP contribution in [0.4, 0.5) is 4.79 Å². The van der Waals surface area contributed by atoms with Crippen molar-refractivity contribution in [1.82, 2.24) is 5.32 Å². The van der Waals surface area contributed by atoms with Gasteiger partial charge in [-0.15, -0.1) is 0 Å². The van der Waals surface area contributed by atoms with E-state index in [0.717, 1.165) is 12.8 Å². The van der Waals surface area contributed by atoms with E-state index in [0.29, 0.717) is 6.54 Å². The van der Waals surface area contributed by atoms with Gasteiger partial charge in [-0.05, 0) is 12.8 Å². The summed E-state index contributed by atoms with van der Waals surface area (Å²) in [6.07, 6.45) is 1.23. The molecular formula is C9H19NO3. The Morgan fingerprint density at radius 1 is 1.46 bits per heavy atom. The van der Waals surface area contributed by atoms with E-state index in [9.17, 15) is 9.90 Å². The minimum Gasteiger partial charge on any atom is -0.453 e. The van der Waals surface area contributed by atoms with Gasteiger partial charge in [-0.2, -0.15) is 0 Å². The van der Waals surface area contributed by atoms with Crippen molar-refractivity contribution in [3.63, 3.8) is 0 Å². The zero-order valence-electron chi connectivity index (χ0n) is 8.59. The molecule has 4 nitrogen and oxygen atoms in total. The van der Waals surface area contributed by atoms with Gasteiger partial charge in [-0.1, -0.05) is 13.8 Å². The lowest BCUT2D eigenvalue weighted by atomic mass is 9.83. The summed E-state index contributed by atoms with van der Waals surface area (Å²) in [5, 5.41) is 11.8. The molecule has 0 aromatic rings. The average Bonchev–Trinajstić information content (AvgIpc) is 2.20. The number of rotatable bonds is 5. The minimum atomic E-state index is -0.445. The van der Waals surface area contributed by atoms with E-state index in [1.54, 1.807) is 0 Å². The minimum absolute atomic E-state index is 0.0873. The molecule has 0 aromatic heterocycles. The van der Waals surface area contributed by atoms with Crippen molar-refractivity contribution < 1.29 is 14.6 Å². The van der Waals surface area contributed by atoms with Crippen LogP contribution in [0.3, 0.4) is 0 Å². The van der Waals surface area contributed by atoms with E-state index in [4.69, 9.17) is 0 Å². The van der Waals surface area contributed by atoms with Crippen molar-refractivity contribution >= 4 is 6.09 Å². The molecule has 0 unspecified atom stereocenters. The van der Waals surface area contributed by atoms with E-state index < -0.39 is 6.09 Å². The second-order valence-corrected chi connectivity index (χ2v) is 3.21. The van der Waals surface area contributed by atoms with Gasteiger partial charge in [0.2, 0.25) is 0 Å². The first-order valence-electron chi connectivity index (χ1n) is 4.56. The standard InChI is InChI=1S/C9H19NO3/c1-4-9(5-2,7-11)6-10-8(12)13-3/h11H,4-7H2,1-3H3,(H,10,12). The van der Waals surface area contributed by atoms with Crippen molar-refractivity contribution in [2.75, 3.05) is 20.3 Å². The second-order valence-electron chi connectivity index (χ2n) is 3.21. The quantitative estimate of drug-likeness (QED) is 0.682. The Hall–Kier alpha value is -0.770. The van der Waals surface area contributed by atoms with Gasteiger partial charge in [-0.25, -0.2) is 4.79 Å². The number of carbonyl (C=O) groups is 1. The molecule has 0 spiro atoms. The summed E-state index contributed by atoms with van der Waals surface area (Å²) in [5.74, 6) is 0. The summed E-state index contributed by atoms with van der Waals surface area (Å²) in [5.41, 5.74) is -0.200. The highest BCUT2D eigenvalue weighted by Crippen LogP contribution is 2.24. The first-order chi connectivity index (χ1) is 6.14. The highest BCUT2D eigenvalue weighted by molar-refractivity contribution is 5.66. The maximum atomic E-state index is 10.8. The molecule has 0 radical (unpaired) electrons. The lowest BCUT2D eigenvalue weighted by molar-refractivity contribution is 0.107. The number of alkyl carbamates (subject to hydrolysis) is 1. The number of ether oxygens (including phenoxy) is 1. The van der Waals surface area contributed by atoms with Gasteiger partial charge >= 0.3 is 6.09 Å². The zero-order valence-corrected chi connectivity index (χ0v) is 8.59. The third kappa shape index (κ3) is 3.63. The molecular weight excluding hydrogens is 170 g/mol. The Morgan fingerprint density at radius 3 is 2.31 bits per heavy atom. The summed E-state index contributed by atoms with van der Waals surface area (Å²) < 4.78 is 4.45. The molecule has 0 aliphatic carbocycles. The van der Waals surface area contributed by atoms with Crippen molar-refractivity contribution in [2.45, 2.75) is 26.7 Å². The van der Waals surface area contributed by atoms with Gasteiger partial charge in [0.15, 0.2) is 0 Å². The number of aliphatic hydroxyl groups excluding tert-OH is 1. The van der Waals surface area contributed by atoms with Gasteiger partial charge < -0.3 is 15.2 Å². The van der Waals surface area contributed by atoms with Gasteiger partial charge in [0.1, 0.15) is 0 Å². The second kappa shape index (κ2) is 5.80. The molecule has 0 saturated carbocycles. The maximum Gasteiger partial charge on any atom is 0.406 e. The molecule has 78 valence electrons. The predicted octanol–water partition coefficient (Wildman–Crippen LogP) is 1.14. The number of nitrogens with one attached hydrogen (secondary N) is 1. The number of hydrogen-bond donors (Lipinski definition) is 2. The first-order valence-corrected chi connectivity index (χ1v) is 4.56. The van der Waals surface area contributed by atoms with Crippen molar-refractivity contribution in [3.05, 3.63) is 0 Å². The number of amides is 1. The van der Waals surface area contributed by atoms with E-state index >= 15 is 0 Å². The molecule has 0 saturated heterocycles. The van der Waals surface area contributed by atoms with Gasteiger partial charge in [0.25, 0.3) is 0 Å². The molecule has 0 atom stereocenters. The van der Waals surface area contributed by atoms with Crippen LogP contribution >= 0.6 is 0 Å². The average molecular weight is 189 g/mol. The first kappa shape index (κ1) is 12.2. The van der Waals surface area contributed by atoms with Crippen LogP contribution in [0.5, 0.6) is 0 Å². The summed E-state index contributed by atoms with van der Waals surface area (Å²) in [6, 6.07) is 0. The fourth-order valence-electron chi connectivity index (χ4n) is 1.11. The van der Waals surface area contributed by atoms with E-state index in [-0.39, 0.29) is 12.0 Å². The third-order valence-electron chi connectivity index (χ3n) is 2.63. The predicted molar refractivity (Wildman–Crippen MR) is 50.5 cm³/mol. The van der Waals surface area contributed by atoms with E-state index in [1.165, 1.54) is 7.11 Å². The SMILES string of the molecule is CCC(CC)(CO)CNC(=O)OC. The molecule has 2 N–H and O–H groups in total. The normalized spacial score (nSPS) is 11.1. The number of hydrogen-bond acceptors (Lipinski definition) is 3. The largest absolute Gasteiger partial charge is 0.453 e. The lowest BCUT2D eigenvalue weighted by Crippen LogP contribution is -2.39. The molecule has 0 aliphatic rings. The number of carbonyl (C=O) groups excluding carboxylic acids is 1. The highest BCUT2D eigenvalue weighted by Gasteiger charge is 2.25. The summed E-state index contributed by atoms with van der Waals surface area (Å²) in [6.45, 7) is 4.55. The Balaban J connectivity index is 4.02. The van der Waals surface area contributed by atoms with Crippen molar-refractivity contribution in [3.8, 4) is 0 Å². The molecule has 0 heterocycles.